The molecule has 0 saturated carbocycles. The molecule has 0 aliphatic rings. The molecule has 110 valence electrons. The topological polar surface area (TPSA) is 70.2 Å². The second-order valence-corrected chi connectivity index (χ2v) is 6.03. The van der Waals surface area contributed by atoms with Gasteiger partial charge < -0.3 is 10.6 Å². The number of halogens is 2. The second-order valence-electron chi connectivity index (χ2n) is 4.32. The second kappa shape index (κ2) is 7.64. The lowest BCUT2D eigenvalue weighted by Gasteiger charge is -2.17. The molecule has 7 heteroatoms. The van der Waals surface area contributed by atoms with Gasteiger partial charge in [-0.1, -0.05) is 0 Å². The van der Waals surface area contributed by atoms with Crippen LogP contribution in [0.15, 0.2) is 21.1 Å². The van der Waals surface area contributed by atoms with E-state index in [1.807, 2.05) is 19.1 Å². The molecule has 1 rings (SSSR count). The molecule has 0 spiro atoms. The zero-order valence-corrected chi connectivity index (χ0v) is 14.7. The molecule has 0 saturated heterocycles. The number of carbonyl (C=O) groups excluding carboxylic acids is 2. The van der Waals surface area contributed by atoms with Crippen molar-refractivity contribution in [3.63, 3.8) is 0 Å². The monoisotopic (exact) mass is 405 g/mol. The van der Waals surface area contributed by atoms with Gasteiger partial charge in [0.05, 0.1) is 5.69 Å². The van der Waals surface area contributed by atoms with E-state index < -0.39 is 18.0 Å². The summed E-state index contributed by atoms with van der Waals surface area (Å²) in [7, 11) is 0. The van der Waals surface area contributed by atoms with E-state index in [1.165, 1.54) is 0 Å². The molecule has 0 aromatic heterocycles. The van der Waals surface area contributed by atoms with Crippen molar-refractivity contribution in [3.8, 4) is 0 Å². The van der Waals surface area contributed by atoms with Crippen LogP contribution in [0.4, 0.5) is 10.5 Å². The first-order valence-corrected chi connectivity index (χ1v) is 7.74. The number of nitrogens with one attached hydrogen (secondary N) is 3. The number of imide groups is 1. The molecule has 3 amide bonds. The summed E-state index contributed by atoms with van der Waals surface area (Å²) < 4.78 is 1.70. The van der Waals surface area contributed by atoms with E-state index in [0.29, 0.717) is 6.54 Å². The van der Waals surface area contributed by atoms with E-state index in [9.17, 15) is 9.59 Å². The quantitative estimate of drug-likeness (QED) is 0.719. The molecule has 0 heterocycles. The summed E-state index contributed by atoms with van der Waals surface area (Å²) in [5, 5.41) is 7.84. The van der Waals surface area contributed by atoms with Crippen LogP contribution in [0.1, 0.15) is 19.4 Å². The molecule has 3 N–H and O–H groups in total. The molecule has 0 aliphatic heterocycles. The third kappa shape index (κ3) is 4.79. The minimum absolute atomic E-state index is 0.393. The number of anilines is 1. The summed E-state index contributed by atoms with van der Waals surface area (Å²) in [6, 6.07) is 2.85. The molecule has 0 bridgehead atoms. The Hall–Kier alpha value is -1.08. The van der Waals surface area contributed by atoms with Gasteiger partial charge in [-0.05, 0) is 70.3 Å². The summed E-state index contributed by atoms with van der Waals surface area (Å²) in [5.41, 5.74) is 1.86. The van der Waals surface area contributed by atoms with Crippen molar-refractivity contribution < 1.29 is 9.59 Å². The molecule has 1 aromatic rings. The fourth-order valence-electron chi connectivity index (χ4n) is 1.54. The van der Waals surface area contributed by atoms with Crippen molar-refractivity contribution in [1.82, 2.24) is 10.6 Å². The maximum atomic E-state index is 11.9. The first-order valence-electron chi connectivity index (χ1n) is 6.16. The highest BCUT2D eigenvalue weighted by atomic mass is 79.9. The minimum atomic E-state index is -0.548. The molecule has 20 heavy (non-hydrogen) atoms. The molecule has 1 aromatic carbocycles. The fraction of sp³-hybridized carbons (Fsp3) is 0.385. The molecule has 0 aliphatic carbocycles. The van der Waals surface area contributed by atoms with Crippen LogP contribution >= 0.6 is 31.9 Å². The lowest BCUT2D eigenvalue weighted by atomic mass is 10.2. The number of benzene rings is 1. The third-order valence-corrected chi connectivity index (χ3v) is 3.77. The predicted octanol–water partition coefficient (Wildman–Crippen LogP) is 3.17. The van der Waals surface area contributed by atoms with Crippen molar-refractivity contribution in [2.45, 2.75) is 26.8 Å². The van der Waals surface area contributed by atoms with Gasteiger partial charge in [-0.3, -0.25) is 10.1 Å². The first-order chi connectivity index (χ1) is 9.35. The lowest BCUT2D eigenvalue weighted by molar-refractivity contribution is -0.120. The highest BCUT2D eigenvalue weighted by Crippen LogP contribution is 2.32. The van der Waals surface area contributed by atoms with E-state index >= 15 is 0 Å². The standard InChI is InChI=1S/C13H17Br2N3O2/c1-4-16-13(20)18-12(19)8(3)17-11-9(14)5-7(2)6-10(11)15/h5-6,8,17H,4H2,1-3H3,(H2,16,18,19,20). The van der Waals surface area contributed by atoms with Gasteiger partial charge in [0.1, 0.15) is 6.04 Å². The number of hydrogen-bond acceptors (Lipinski definition) is 3. The SMILES string of the molecule is CCNC(=O)NC(=O)C(C)Nc1c(Br)cc(C)cc1Br. The van der Waals surface area contributed by atoms with Crippen molar-refractivity contribution in [3.05, 3.63) is 26.6 Å². The lowest BCUT2D eigenvalue weighted by Crippen LogP contribution is -2.45. The van der Waals surface area contributed by atoms with Gasteiger partial charge in [-0.2, -0.15) is 0 Å². The van der Waals surface area contributed by atoms with Crippen LogP contribution in [-0.4, -0.2) is 24.5 Å². The van der Waals surface area contributed by atoms with Crippen molar-refractivity contribution >= 4 is 49.5 Å². The Labute approximate surface area is 135 Å². The predicted molar refractivity (Wildman–Crippen MR) is 86.9 cm³/mol. The first kappa shape index (κ1) is 17.0. The maximum absolute atomic E-state index is 11.9. The van der Waals surface area contributed by atoms with Crippen molar-refractivity contribution in [2.75, 3.05) is 11.9 Å². The number of urea groups is 1. The van der Waals surface area contributed by atoms with Gasteiger partial charge in [0, 0.05) is 15.5 Å². The Bertz CT molecular complexity index is 497. The van der Waals surface area contributed by atoms with E-state index in [2.05, 4.69) is 47.8 Å². The highest BCUT2D eigenvalue weighted by molar-refractivity contribution is 9.11. The van der Waals surface area contributed by atoms with Gasteiger partial charge in [0.2, 0.25) is 5.91 Å². The number of amides is 3. The summed E-state index contributed by atoms with van der Waals surface area (Å²) in [6.45, 7) is 5.92. The summed E-state index contributed by atoms with van der Waals surface area (Å²) in [4.78, 5) is 23.2. The van der Waals surface area contributed by atoms with Crippen molar-refractivity contribution in [1.29, 1.82) is 0 Å². The largest absolute Gasteiger partial charge is 0.372 e. The van der Waals surface area contributed by atoms with Gasteiger partial charge >= 0.3 is 6.03 Å². The van der Waals surface area contributed by atoms with Gasteiger partial charge in [-0.25, -0.2) is 4.79 Å². The Balaban J connectivity index is 2.73. The molecular formula is C13H17Br2N3O2. The van der Waals surface area contributed by atoms with Crippen LogP contribution in [0.5, 0.6) is 0 Å². The number of hydrogen-bond donors (Lipinski definition) is 3. The zero-order valence-electron chi connectivity index (χ0n) is 11.5. The molecular weight excluding hydrogens is 390 g/mol. The summed E-state index contributed by atoms with van der Waals surface area (Å²) in [6.07, 6.45) is 0. The Morgan fingerprint density at radius 2 is 1.80 bits per heavy atom. The van der Waals surface area contributed by atoms with Gasteiger partial charge in [0.25, 0.3) is 0 Å². The Morgan fingerprint density at radius 1 is 1.25 bits per heavy atom. The minimum Gasteiger partial charge on any atom is -0.372 e. The van der Waals surface area contributed by atoms with Crippen LogP contribution in [0, 0.1) is 6.92 Å². The fourth-order valence-corrected chi connectivity index (χ4v) is 3.19. The summed E-state index contributed by atoms with van der Waals surface area (Å²) >= 11 is 6.90. The van der Waals surface area contributed by atoms with E-state index in [1.54, 1.807) is 13.8 Å². The normalized spacial score (nSPS) is 11.7. The third-order valence-electron chi connectivity index (χ3n) is 2.51. The smallest absolute Gasteiger partial charge is 0.321 e. The molecule has 5 nitrogen and oxygen atoms in total. The van der Waals surface area contributed by atoms with Crippen LogP contribution in [0.2, 0.25) is 0 Å². The van der Waals surface area contributed by atoms with Crippen molar-refractivity contribution in [2.24, 2.45) is 0 Å². The molecule has 1 unspecified atom stereocenters. The van der Waals surface area contributed by atoms with Crippen LogP contribution < -0.4 is 16.0 Å². The Morgan fingerprint density at radius 3 is 2.30 bits per heavy atom. The molecule has 0 fully saturated rings. The molecule has 0 radical (unpaired) electrons. The summed E-state index contributed by atoms with van der Waals surface area (Å²) in [5.74, 6) is -0.393. The number of carbonyl (C=O) groups is 2. The average molecular weight is 407 g/mol. The van der Waals surface area contributed by atoms with E-state index in [4.69, 9.17) is 0 Å². The number of aryl methyl sites for hydroxylation is 1. The van der Waals surface area contributed by atoms with Crippen LogP contribution in [0.25, 0.3) is 0 Å². The Kier molecular flexibility index (Phi) is 6.48. The van der Waals surface area contributed by atoms with Crippen LogP contribution in [-0.2, 0) is 4.79 Å². The number of rotatable bonds is 4. The average Bonchev–Trinajstić information content (AvgIpc) is 2.33. The highest BCUT2D eigenvalue weighted by Gasteiger charge is 2.17. The van der Waals surface area contributed by atoms with E-state index in [0.717, 1.165) is 20.2 Å². The van der Waals surface area contributed by atoms with Gasteiger partial charge in [0.15, 0.2) is 0 Å². The zero-order chi connectivity index (χ0) is 15.3. The molecule has 1 atom stereocenters. The maximum Gasteiger partial charge on any atom is 0.321 e. The van der Waals surface area contributed by atoms with E-state index in [-0.39, 0.29) is 0 Å². The van der Waals surface area contributed by atoms with Gasteiger partial charge in [-0.15, -0.1) is 0 Å². The van der Waals surface area contributed by atoms with Crippen LogP contribution in [0.3, 0.4) is 0 Å².